The molecule has 0 radical (unpaired) electrons. The number of nitrogens with zero attached hydrogens (tertiary/aromatic N) is 2. The lowest BCUT2D eigenvalue weighted by atomic mass is 9.77. The molecule has 4 nitrogen and oxygen atoms in total. The standard InChI is InChI=1S/C41H32N4/c42-40-27-33(37-19-8-7-17-35(37)30-12-3-1-4-13-30)26-39(38-20-10-9-18-36(38)31-14-5-2-6-15-31)41(40)45-44-34-23-21-29(22-24-34)32-16-11-25-43-28-32/h1-17,19-28,36,42,44H,18H2/b42-40?,45-41-. The van der Waals surface area contributed by atoms with Crippen LogP contribution in [0.15, 0.2) is 180 Å². The molecule has 0 fully saturated rings. The van der Waals surface area contributed by atoms with Gasteiger partial charge < -0.3 is 0 Å². The number of hydrogen-bond donors (Lipinski definition) is 2. The highest BCUT2D eigenvalue weighted by molar-refractivity contribution is 6.54. The molecule has 0 saturated heterocycles. The van der Waals surface area contributed by atoms with E-state index in [1.54, 1.807) is 6.20 Å². The van der Waals surface area contributed by atoms with Gasteiger partial charge in [-0.15, -0.1) is 0 Å². The van der Waals surface area contributed by atoms with E-state index in [1.165, 1.54) is 5.56 Å². The van der Waals surface area contributed by atoms with Crippen molar-refractivity contribution in [3.63, 3.8) is 0 Å². The van der Waals surface area contributed by atoms with E-state index in [2.05, 4.69) is 126 Å². The summed E-state index contributed by atoms with van der Waals surface area (Å²) in [7, 11) is 0. The molecule has 2 N–H and O–H groups in total. The van der Waals surface area contributed by atoms with Gasteiger partial charge in [0.2, 0.25) is 0 Å². The summed E-state index contributed by atoms with van der Waals surface area (Å²) in [5.74, 6) is 0.155. The molecule has 0 bridgehead atoms. The third-order valence-electron chi connectivity index (χ3n) is 8.28. The summed E-state index contributed by atoms with van der Waals surface area (Å²) in [6.45, 7) is 0. The minimum absolute atomic E-state index is 0.155. The van der Waals surface area contributed by atoms with E-state index in [9.17, 15) is 5.41 Å². The molecule has 7 rings (SSSR count). The van der Waals surface area contributed by atoms with Crippen molar-refractivity contribution < 1.29 is 0 Å². The van der Waals surface area contributed by atoms with Crippen LogP contribution in [0.1, 0.15) is 23.5 Å². The van der Waals surface area contributed by atoms with Crippen LogP contribution in [-0.4, -0.2) is 16.4 Å². The number of nitrogens with one attached hydrogen (secondary N) is 2. The predicted molar refractivity (Wildman–Crippen MR) is 187 cm³/mol. The Kier molecular flexibility index (Phi) is 7.93. The van der Waals surface area contributed by atoms with Gasteiger partial charge in [0.25, 0.3) is 0 Å². The summed E-state index contributed by atoms with van der Waals surface area (Å²) in [5, 5.41) is 14.2. The Morgan fingerprint density at radius 3 is 2.16 bits per heavy atom. The number of anilines is 1. The third kappa shape index (κ3) is 5.99. The number of pyridine rings is 1. The maximum atomic E-state index is 9.29. The maximum absolute atomic E-state index is 9.29. The van der Waals surface area contributed by atoms with E-state index in [1.807, 2.05) is 42.6 Å². The molecular formula is C41H32N4. The first kappa shape index (κ1) is 27.9. The van der Waals surface area contributed by atoms with Gasteiger partial charge in [-0.2, -0.15) is 5.10 Å². The zero-order valence-electron chi connectivity index (χ0n) is 24.8. The molecule has 0 saturated carbocycles. The van der Waals surface area contributed by atoms with E-state index in [4.69, 9.17) is 5.10 Å². The van der Waals surface area contributed by atoms with Crippen molar-refractivity contribution in [2.24, 2.45) is 5.10 Å². The number of hydrazone groups is 1. The first-order valence-corrected chi connectivity index (χ1v) is 15.2. The molecule has 4 heteroatoms. The van der Waals surface area contributed by atoms with Crippen molar-refractivity contribution in [1.82, 2.24) is 4.98 Å². The Morgan fingerprint density at radius 1 is 0.689 bits per heavy atom. The molecule has 0 amide bonds. The van der Waals surface area contributed by atoms with Gasteiger partial charge in [0, 0.05) is 23.9 Å². The zero-order chi connectivity index (χ0) is 30.4. The van der Waals surface area contributed by atoms with Gasteiger partial charge in [-0.3, -0.25) is 15.8 Å². The summed E-state index contributed by atoms with van der Waals surface area (Å²) >= 11 is 0. The van der Waals surface area contributed by atoms with Crippen LogP contribution in [0, 0.1) is 5.41 Å². The molecule has 2 aliphatic rings. The number of rotatable bonds is 7. The van der Waals surface area contributed by atoms with Crippen LogP contribution in [0.3, 0.4) is 0 Å². The highest BCUT2D eigenvalue weighted by Crippen LogP contribution is 2.40. The van der Waals surface area contributed by atoms with Gasteiger partial charge in [-0.05, 0) is 81.3 Å². The molecule has 1 heterocycles. The minimum atomic E-state index is 0.155. The molecule has 2 aliphatic carbocycles. The highest BCUT2D eigenvalue weighted by Gasteiger charge is 2.28. The second kappa shape index (κ2) is 12.8. The zero-order valence-corrected chi connectivity index (χ0v) is 24.8. The minimum Gasteiger partial charge on any atom is -0.299 e. The summed E-state index contributed by atoms with van der Waals surface area (Å²) in [5.41, 5.74) is 15.0. The lowest BCUT2D eigenvalue weighted by Gasteiger charge is -2.27. The number of benzene rings is 4. The molecule has 4 aromatic carbocycles. The molecule has 1 unspecified atom stereocenters. The van der Waals surface area contributed by atoms with Crippen LogP contribution in [0.2, 0.25) is 0 Å². The summed E-state index contributed by atoms with van der Waals surface area (Å²) in [6.07, 6.45) is 15.2. The van der Waals surface area contributed by atoms with E-state index in [0.717, 1.165) is 56.6 Å². The van der Waals surface area contributed by atoms with Crippen molar-refractivity contribution in [3.05, 3.63) is 186 Å². The Hall–Kier alpha value is -5.87. The van der Waals surface area contributed by atoms with Crippen molar-refractivity contribution in [1.29, 1.82) is 5.41 Å². The molecule has 1 atom stereocenters. The smallest absolute Gasteiger partial charge is 0.116 e. The first-order valence-electron chi connectivity index (χ1n) is 15.2. The fourth-order valence-electron chi connectivity index (χ4n) is 6.03. The first-order chi connectivity index (χ1) is 22.2. The summed E-state index contributed by atoms with van der Waals surface area (Å²) in [4.78, 5) is 4.24. The fraction of sp³-hybridized carbons (Fsp3) is 0.0488. The average Bonchev–Trinajstić information content (AvgIpc) is 3.12. The number of aromatic nitrogens is 1. The normalized spacial score (nSPS) is 17.0. The van der Waals surface area contributed by atoms with Gasteiger partial charge in [-0.25, -0.2) is 0 Å². The van der Waals surface area contributed by atoms with E-state index >= 15 is 0 Å². The van der Waals surface area contributed by atoms with E-state index in [0.29, 0.717) is 11.4 Å². The number of hydrogen-bond acceptors (Lipinski definition) is 4. The van der Waals surface area contributed by atoms with Gasteiger partial charge in [0.05, 0.1) is 11.4 Å². The van der Waals surface area contributed by atoms with Crippen molar-refractivity contribution >= 4 is 22.7 Å². The van der Waals surface area contributed by atoms with Gasteiger partial charge in [0.15, 0.2) is 0 Å². The topological polar surface area (TPSA) is 61.1 Å². The van der Waals surface area contributed by atoms with Crippen molar-refractivity contribution in [2.75, 3.05) is 5.43 Å². The van der Waals surface area contributed by atoms with Crippen LogP contribution in [0.5, 0.6) is 0 Å². The molecule has 1 aromatic heterocycles. The van der Waals surface area contributed by atoms with Crippen LogP contribution in [0.25, 0.3) is 27.8 Å². The lowest BCUT2D eigenvalue weighted by Crippen LogP contribution is -2.23. The molecule has 45 heavy (non-hydrogen) atoms. The molecule has 5 aromatic rings. The van der Waals surface area contributed by atoms with Crippen molar-refractivity contribution in [2.45, 2.75) is 12.3 Å². The van der Waals surface area contributed by atoms with Crippen LogP contribution in [-0.2, 0) is 0 Å². The Bertz CT molecular complexity index is 1980. The molecule has 0 spiro atoms. The largest absolute Gasteiger partial charge is 0.299 e. The van der Waals surface area contributed by atoms with Crippen LogP contribution >= 0.6 is 0 Å². The summed E-state index contributed by atoms with van der Waals surface area (Å²) < 4.78 is 0. The fourth-order valence-corrected chi connectivity index (χ4v) is 6.03. The molecular weight excluding hydrogens is 548 g/mol. The van der Waals surface area contributed by atoms with Gasteiger partial charge in [-0.1, -0.05) is 121 Å². The lowest BCUT2D eigenvalue weighted by molar-refractivity contribution is 0.812. The SMILES string of the molecule is N=C1C=C(c2ccccc2-c2ccccc2)C=C(C2=CC=CCC2c2ccccc2)/C1=N/Nc1ccc(-c2cccnc2)cc1. The molecule has 0 aliphatic heterocycles. The highest BCUT2D eigenvalue weighted by atomic mass is 15.3. The molecule has 216 valence electrons. The third-order valence-corrected chi connectivity index (χ3v) is 8.28. The van der Waals surface area contributed by atoms with Crippen LogP contribution < -0.4 is 5.43 Å². The van der Waals surface area contributed by atoms with Crippen LogP contribution in [0.4, 0.5) is 5.69 Å². The Labute approximate surface area is 264 Å². The quantitative estimate of drug-likeness (QED) is 0.149. The second-order valence-corrected chi connectivity index (χ2v) is 11.1. The van der Waals surface area contributed by atoms with Gasteiger partial charge in [0.1, 0.15) is 5.71 Å². The maximum Gasteiger partial charge on any atom is 0.116 e. The van der Waals surface area contributed by atoms with E-state index in [-0.39, 0.29) is 5.92 Å². The van der Waals surface area contributed by atoms with Gasteiger partial charge >= 0.3 is 0 Å². The summed E-state index contributed by atoms with van der Waals surface area (Å²) in [6, 6.07) is 41.6. The monoisotopic (exact) mass is 580 g/mol. The van der Waals surface area contributed by atoms with E-state index < -0.39 is 0 Å². The Balaban J connectivity index is 1.29. The predicted octanol–water partition coefficient (Wildman–Crippen LogP) is 9.90. The number of allylic oxidation sites excluding steroid dienone is 8. The Morgan fingerprint density at radius 2 is 1.40 bits per heavy atom. The van der Waals surface area contributed by atoms with Crippen molar-refractivity contribution in [3.8, 4) is 22.3 Å². The second-order valence-electron chi connectivity index (χ2n) is 11.1. The average molecular weight is 581 g/mol.